The van der Waals surface area contributed by atoms with Crippen LogP contribution < -0.4 is 15.4 Å². The molecule has 2 aromatic heterocycles. The summed E-state index contributed by atoms with van der Waals surface area (Å²) < 4.78 is 28.8. The third kappa shape index (κ3) is 2.83. The minimum atomic E-state index is -3.91. The van der Waals surface area contributed by atoms with E-state index >= 15 is 0 Å². The van der Waals surface area contributed by atoms with Gasteiger partial charge in [0.2, 0.25) is 5.91 Å². The first-order chi connectivity index (χ1) is 9.90. The summed E-state index contributed by atoms with van der Waals surface area (Å²) in [6.07, 6.45) is 1.60. The topological polar surface area (TPSA) is 105 Å². The molecule has 114 valence electrons. The largest absolute Gasteiger partial charge is 0.371 e. The molecule has 0 radical (unpaired) electrons. The maximum atomic E-state index is 12.5. The number of anilines is 1. The molecule has 0 fully saturated rings. The summed E-state index contributed by atoms with van der Waals surface area (Å²) in [7, 11) is -0.882. The number of hydrogen-bond acceptors (Lipinski definition) is 5. The minimum absolute atomic E-state index is 0.0312. The second kappa shape index (κ2) is 5.70. The Kier molecular flexibility index (Phi) is 4.14. The summed E-state index contributed by atoms with van der Waals surface area (Å²) >= 11 is 0. The zero-order valence-corrected chi connectivity index (χ0v) is 12.7. The number of imidazole rings is 1. The van der Waals surface area contributed by atoms with Gasteiger partial charge in [0, 0.05) is 20.3 Å². The van der Waals surface area contributed by atoms with Gasteiger partial charge in [-0.2, -0.15) is 4.72 Å². The Morgan fingerprint density at radius 1 is 1.33 bits per heavy atom. The monoisotopic (exact) mass is 311 g/mol. The highest BCUT2D eigenvalue weighted by Gasteiger charge is 2.28. The van der Waals surface area contributed by atoms with Crippen LogP contribution in [0.1, 0.15) is 6.92 Å². The molecule has 8 nitrogen and oxygen atoms in total. The number of likely N-dealkylation sites (N-methyl/N-ethyl adjacent to an activating group) is 1. The number of pyridine rings is 1. The van der Waals surface area contributed by atoms with Gasteiger partial charge in [-0.05, 0) is 19.1 Å². The molecule has 0 spiro atoms. The van der Waals surface area contributed by atoms with E-state index in [0.29, 0.717) is 5.65 Å². The van der Waals surface area contributed by atoms with Gasteiger partial charge in [0.1, 0.15) is 5.65 Å². The number of carbonyl (C=O) groups excluding carboxylic acids is 1. The highest BCUT2D eigenvalue weighted by Crippen LogP contribution is 2.22. The van der Waals surface area contributed by atoms with Crippen molar-refractivity contribution in [3.05, 3.63) is 24.4 Å². The molecular formula is C12H17N5O3S. The second-order valence-corrected chi connectivity index (χ2v) is 6.03. The normalized spacial score (nSPS) is 13.1. The molecule has 2 rings (SSSR count). The Labute approximate surface area is 122 Å². The van der Waals surface area contributed by atoms with Crippen LogP contribution in [0.2, 0.25) is 0 Å². The lowest BCUT2D eigenvalue weighted by Crippen LogP contribution is -2.43. The molecule has 0 aliphatic carbocycles. The van der Waals surface area contributed by atoms with Crippen molar-refractivity contribution >= 4 is 27.4 Å². The molecule has 0 aromatic carbocycles. The second-order valence-electron chi connectivity index (χ2n) is 4.40. The first-order valence-electron chi connectivity index (χ1n) is 6.29. The Hall–Kier alpha value is -2.13. The molecule has 0 saturated heterocycles. The molecule has 2 heterocycles. The van der Waals surface area contributed by atoms with Crippen LogP contribution in [0.15, 0.2) is 29.4 Å². The predicted molar refractivity (Wildman–Crippen MR) is 78.6 cm³/mol. The van der Waals surface area contributed by atoms with E-state index in [0.717, 1.165) is 0 Å². The summed E-state index contributed by atoms with van der Waals surface area (Å²) in [5, 5.41) is 5.12. The third-order valence-corrected chi connectivity index (χ3v) is 4.51. The summed E-state index contributed by atoms with van der Waals surface area (Å²) in [5.41, 5.74) is 0.495. The highest BCUT2D eigenvalue weighted by atomic mass is 32.2. The third-order valence-electron chi connectivity index (χ3n) is 2.95. The fraction of sp³-hybridized carbons (Fsp3) is 0.333. The predicted octanol–water partition coefficient (Wildman–Crippen LogP) is -0.211. The van der Waals surface area contributed by atoms with Gasteiger partial charge in [-0.3, -0.25) is 9.20 Å². The zero-order valence-electron chi connectivity index (χ0n) is 11.9. The van der Waals surface area contributed by atoms with Gasteiger partial charge in [-0.1, -0.05) is 6.07 Å². The number of fused-ring (bicyclic) bond motifs is 1. The van der Waals surface area contributed by atoms with Crippen LogP contribution in [0, 0.1) is 0 Å². The van der Waals surface area contributed by atoms with E-state index in [2.05, 4.69) is 20.3 Å². The van der Waals surface area contributed by atoms with Gasteiger partial charge in [-0.25, -0.2) is 13.4 Å². The van der Waals surface area contributed by atoms with Crippen LogP contribution in [0.3, 0.4) is 0 Å². The molecule has 3 N–H and O–H groups in total. The number of sulfonamides is 1. The average molecular weight is 311 g/mol. The van der Waals surface area contributed by atoms with Crippen molar-refractivity contribution in [1.82, 2.24) is 19.4 Å². The van der Waals surface area contributed by atoms with Gasteiger partial charge in [0.05, 0.1) is 6.04 Å². The van der Waals surface area contributed by atoms with Gasteiger partial charge >= 0.3 is 0 Å². The quantitative estimate of drug-likeness (QED) is 0.708. The van der Waals surface area contributed by atoms with E-state index in [1.54, 1.807) is 31.4 Å². The van der Waals surface area contributed by atoms with Crippen molar-refractivity contribution in [1.29, 1.82) is 0 Å². The number of nitrogens with one attached hydrogen (secondary N) is 3. The van der Waals surface area contributed by atoms with Crippen molar-refractivity contribution < 1.29 is 13.2 Å². The summed E-state index contributed by atoms with van der Waals surface area (Å²) in [4.78, 5) is 15.7. The summed E-state index contributed by atoms with van der Waals surface area (Å²) in [6.45, 7) is 1.47. The van der Waals surface area contributed by atoms with E-state index in [-0.39, 0.29) is 10.8 Å². The van der Waals surface area contributed by atoms with E-state index in [1.165, 1.54) is 18.4 Å². The van der Waals surface area contributed by atoms with Gasteiger partial charge < -0.3 is 10.6 Å². The molecule has 9 heteroatoms. The molecule has 0 aliphatic heterocycles. The molecule has 0 saturated carbocycles. The number of aromatic nitrogens is 2. The molecule has 1 amide bonds. The number of nitrogens with zero attached hydrogens (tertiary/aromatic N) is 2. The molecule has 0 aliphatic rings. The lowest BCUT2D eigenvalue weighted by Gasteiger charge is -2.13. The van der Waals surface area contributed by atoms with Crippen molar-refractivity contribution in [3.8, 4) is 0 Å². The van der Waals surface area contributed by atoms with Crippen LogP contribution in [-0.4, -0.2) is 43.8 Å². The smallest absolute Gasteiger partial charge is 0.261 e. The fourth-order valence-corrected chi connectivity index (χ4v) is 3.45. The zero-order chi connectivity index (χ0) is 15.6. The van der Waals surface area contributed by atoms with Crippen molar-refractivity contribution in [3.63, 3.8) is 0 Å². The van der Waals surface area contributed by atoms with E-state index in [4.69, 9.17) is 0 Å². The number of hydrogen-bond donors (Lipinski definition) is 3. The van der Waals surface area contributed by atoms with E-state index in [9.17, 15) is 13.2 Å². The Balaban J connectivity index is 2.51. The maximum absolute atomic E-state index is 12.5. The fourth-order valence-electron chi connectivity index (χ4n) is 1.95. The standard InChI is InChI=1S/C12H17N5O3S/c1-8(11(18)14-3)16-21(19,20)12-10(13-2)15-9-6-4-5-7-17(9)12/h4-8,13,16H,1-3H3,(H,14,18). The lowest BCUT2D eigenvalue weighted by molar-refractivity contribution is -0.121. The van der Waals surface area contributed by atoms with Gasteiger partial charge in [-0.15, -0.1) is 0 Å². The van der Waals surface area contributed by atoms with E-state index in [1.807, 2.05) is 0 Å². The highest BCUT2D eigenvalue weighted by molar-refractivity contribution is 7.89. The SMILES string of the molecule is CNC(=O)C(C)NS(=O)(=O)c1c(NC)nc2ccccn12. The molecule has 0 bridgehead atoms. The molecule has 21 heavy (non-hydrogen) atoms. The first kappa shape index (κ1) is 15.3. The van der Waals surface area contributed by atoms with Crippen molar-refractivity contribution in [2.24, 2.45) is 0 Å². The van der Waals surface area contributed by atoms with Crippen molar-refractivity contribution in [2.75, 3.05) is 19.4 Å². The van der Waals surface area contributed by atoms with Crippen LogP contribution in [0.5, 0.6) is 0 Å². The van der Waals surface area contributed by atoms with Crippen molar-refractivity contribution in [2.45, 2.75) is 18.0 Å². The summed E-state index contributed by atoms with van der Waals surface area (Å²) in [5.74, 6) is -0.198. The van der Waals surface area contributed by atoms with Gasteiger partial charge in [0.15, 0.2) is 10.8 Å². The number of carbonyl (C=O) groups is 1. The number of rotatable bonds is 5. The number of amides is 1. The molecular weight excluding hydrogens is 294 g/mol. The Morgan fingerprint density at radius 2 is 2.05 bits per heavy atom. The van der Waals surface area contributed by atoms with Gasteiger partial charge in [0.25, 0.3) is 10.0 Å². The first-order valence-corrected chi connectivity index (χ1v) is 7.77. The van der Waals surface area contributed by atoms with Crippen LogP contribution >= 0.6 is 0 Å². The Bertz CT molecular complexity index is 768. The summed E-state index contributed by atoms with van der Waals surface area (Å²) in [6, 6.07) is 4.27. The molecule has 1 atom stereocenters. The van der Waals surface area contributed by atoms with Crippen LogP contribution in [0.25, 0.3) is 5.65 Å². The molecule has 2 aromatic rings. The Morgan fingerprint density at radius 3 is 2.67 bits per heavy atom. The van der Waals surface area contributed by atoms with E-state index < -0.39 is 22.0 Å². The lowest BCUT2D eigenvalue weighted by atomic mass is 10.3. The maximum Gasteiger partial charge on any atom is 0.261 e. The molecule has 1 unspecified atom stereocenters. The average Bonchev–Trinajstić information content (AvgIpc) is 2.85. The van der Waals surface area contributed by atoms with Crippen LogP contribution in [-0.2, 0) is 14.8 Å². The minimum Gasteiger partial charge on any atom is -0.371 e. The van der Waals surface area contributed by atoms with Crippen LogP contribution in [0.4, 0.5) is 5.82 Å².